The van der Waals surface area contributed by atoms with Crippen molar-refractivity contribution in [2.24, 2.45) is 0 Å². The molecule has 0 fully saturated rings. The van der Waals surface area contributed by atoms with Gasteiger partial charge in [0.05, 0.1) is 7.11 Å². The number of hydrogen-bond donors (Lipinski definition) is 1. The van der Waals surface area contributed by atoms with Gasteiger partial charge in [-0.25, -0.2) is 4.79 Å². The predicted molar refractivity (Wildman–Crippen MR) is 54.9 cm³/mol. The third-order valence-electron chi connectivity index (χ3n) is 1.90. The monoisotopic (exact) mass is 232 g/mol. The van der Waals surface area contributed by atoms with E-state index in [1.807, 2.05) is 0 Å². The maximum absolute atomic E-state index is 11.6. The van der Waals surface area contributed by atoms with Crippen LogP contribution in [0.15, 0.2) is 0 Å². The standard InChI is InChI=1S/C9H16N2O5/c1-4-11(6-8(14)16-3)9(15)10(2)5-7(12)13/h4-6H2,1-3H3,(H,12,13). The minimum absolute atomic E-state index is 0.185. The minimum atomic E-state index is -1.11. The molecule has 0 aromatic rings. The summed E-state index contributed by atoms with van der Waals surface area (Å²) in [6.07, 6.45) is 0. The van der Waals surface area contributed by atoms with Crippen LogP contribution in [0.25, 0.3) is 0 Å². The third-order valence-corrected chi connectivity index (χ3v) is 1.90. The van der Waals surface area contributed by atoms with Gasteiger partial charge in [0, 0.05) is 13.6 Å². The number of nitrogens with zero attached hydrogens (tertiary/aromatic N) is 2. The van der Waals surface area contributed by atoms with E-state index in [4.69, 9.17) is 5.11 Å². The van der Waals surface area contributed by atoms with Crippen molar-refractivity contribution in [1.29, 1.82) is 0 Å². The van der Waals surface area contributed by atoms with Crippen LogP contribution in [0, 0.1) is 0 Å². The first-order chi connectivity index (χ1) is 7.42. The van der Waals surface area contributed by atoms with E-state index in [0.29, 0.717) is 6.54 Å². The summed E-state index contributed by atoms with van der Waals surface area (Å²) in [5.74, 6) is -1.65. The summed E-state index contributed by atoms with van der Waals surface area (Å²) in [5.41, 5.74) is 0. The number of urea groups is 1. The van der Waals surface area contributed by atoms with Crippen LogP contribution in [-0.4, -0.2) is 66.7 Å². The summed E-state index contributed by atoms with van der Waals surface area (Å²) in [5, 5.41) is 8.51. The fourth-order valence-electron chi connectivity index (χ4n) is 1.05. The van der Waals surface area contributed by atoms with E-state index in [0.717, 1.165) is 4.90 Å². The molecule has 1 N–H and O–H groups in total. The van der Waals surface area contributed by atoms with Gasteiger partial charge >= 0.3 is 18.0 Å². The van der Waals surface area contributed by atoms with Gasteiger partial charge in [0.2, 0.25) is 0 Å². The SMILES string of the molecule is CCN(CC(=O)OC)C(=O)N(C)CC(=O)O. The molecular formula is C9H16N2O5. The average molecular weight is 232 g/mol. The summed E-state index contributed by atoms with van der Waals surface area (Å²) in [4.78, 5) is 35.2. The summed E-state index contributed by atoms with van der Waals surface area (Å²) < 4.78 is 4.43. The maximum Gasteiger partial charge on any atom is 0.325 e. The highest BCUT2D eigenvalue weighted by Gasteiger charge is 2.20. The number of likely N-dealkylation sites (N-methyl/N-ethyl adjacent to an activating group) is 2. The van der Waals surface area contributed by atoms with Crippen molar-refractivity contribution in [2.45, 2.75) is 6.92 Å². The molecule has 16 heavy (non-hydrogen) atoms. The molecule has 2 amide bonds. The van der Waals surface area contributed by atoms with Crippen LogP contribution >= 0.6 is 0 Å². The quantitative estimate of drug-likeness (QED) is 0.653. The van der Waals surface area contributed by atoms with E-state index in [1.165, 1.54) is 19.1 Å². The highest BCUT2D eigenvalue weighted by molar-refractivity contribution is 5.83. The number of aliphatic carboxylic acids is 1. The second-order valence-electron chi connectivity index (χ2n) is 3.12. The topological polar surface area (TPSA) is 87.2 Å². The Balaban J connectivity index is 4.40. The van der Waals surface area contributed by atoms with Crippen LogP contribution in [0.3, 0.4) is 0 Å². The van der Waals surface area contributed by atoms with E-state index >= 15 is 0 Å². The zero-order chi connectivity index (χ0) is 12.7. The summed E-state index contributed by atoms with van der Waals surface area (Å²) in [6, 6.07) is -0.518. The van der Waals surface area contributed by atoms with E-state index in [1.54, 1.807) is 6.92 Å². The van der Waals surface area contributed by atoms with Gasteiger partial charge in [0.25, 0.3) is 0 Å². The number of esters is 1. The van der Waals surface area contributed by atoms with Gasteiger partial charge in [-0.1, -0.05) is 0 Å². The van der Waals surface area contributed by atoms with Crippen LogP contribution in [0.4, 0.5) is 4.79 Å². The normalized spacial score (nSPS) is 9.44. The fourth-order valence-corrected chi connectivity index (χ4v) is 1.05. The van der Waals surface area contributed by atoms with Gasteiger partial charge < -0.3 is 19.6 Å². The predicted octanol–water partition coefficient (Wildman–Crippen LogP) is -0.382. The van der Waals surface area contributed by atoms with Gasteiger partial charge in [-0.3, -0.25) is 9.59 Å². The van der Waals surface area contributed by atoms with E-state index < -0.39 is 24.5 Å². The lowest BCUT2D eigenvalue weighted by atomic mass is 10.5. The number of ether oxygens (including phenoxy) is 1. The third kappa shape index (κ3) is 4.63. The first-order valence-corrected chi connectivity index (χ1v) is 4.71. The molecule has 0 aromatic carbocycles. The first-order valence-electron chi connectivity index (χ1n) is 4.71. The molecule has 0 saturated heterocycles. The molecule has 7 nitrogen and oxygen atoms in total. The van der Waals surface area contributed by atoms with Crippen LogP contribution in [0.2, 0.25) is 0 Å². The van der Waals surface area contributed by atoms with E-state index in [-0.39, 0.29) is 6.54 Å². The van der Waals surface area contributed by atoms with Crippen molar-refractivity contribution in [3.63, 3.8) is 0 Å². The van der Waals surface area contributed by atoms with Gasteiger partial charge in [-0.2, -0.15) is 0 Å². The molecule has 0 unspecified atom stereocenters. The Labute approximate surface area is 93.6 Å². The van der Waals surface area contributed by atoms with Crippen molar-refractivity contribution in [3.05, 3.63) is 0 Å². The molecule has 0 atom stereocenters. The van der Waals surface area contributed by atoms with Crippen LogP contribution in [0.5, 0.6) is 0 Å². The van der Waals surface area contributed by atoms with Crippen molar-refractivity contribution in [2.75, 3.05) is 33.8 Å². The lowest BCUT2D eigenvalue weighted by Gasteiger charge is -2.25. The molecule has 92 valence electrons. The summed E-state index contributed by atoms with van der Waals surface area (Å²) >= 11 is 0. The maximum atomic E-state index is 11.6. The Morgan fingerprint density at radius 1 is 1.25 bits per heavy atom. The lowest BCUT2D eigenvalue weighted by Crippen LogP contribution is -2.45. The molecule has 0 saturated carbocycles. The van der Waals surface area contributed by atoms with Crippen molar-refractivity contribution >= 4 is 18.0 Å². The zero-order valence-corrected chi connectivity index (χ0v) is 9.60. The van der Waals surface area contributed by atoms with Crippen molar-refractivity contribution in [3.8, 4) is 0 Å². The van der Waals surface area contributed by atoms with Crippen molar-refractivity contribution < 1.29 is 24.2 Å². The Kier molecular flexibility index (Phi) is 5.91. The number of hydrogen-bond acceptors (Lipinski definition) is 4. The highest BCUT2D eigenvalue weighted by Crippen LogP contribution is 1.97. The summed E-state index contributed by atoms with van der Waals surface area (Å²) in [6.45, 7) is 1.40. The fraction of sp³-hybridized carbons (Fsp3) is 0.667. The second-order valence-corrected chi connectivity index (χ2v) is 3.12. The average Bonchev–Trinajstić information content (AvgIpc) is 2.23. The lowest BCUT2D eigenvalue weighted by molar-refractivity contribution is -0.141. The smallest absolute Gasteiger partial charge is 0.325 e. The molecule has 0 radical (unpaired) electrons. The van der Waals surface area contributed by atoms with Crippen LogP contribution in [0.1, 0.15) is 6.92 Å². The van der Waals surface area contributed by atoms with E-state index in [9.17, 15) is 14.4 Å². The first kappa shape index (κ1) is 14.2. The second kappa shape index (κ2) is 6.65. The Morgan fingerprint density at radius 2 is 1.81 bits per heavy atom. The number of rotatable bonds is 5. The van der Waals surface area contributed by atoms with Gasteiger partial charge in [-0.05, 0) is 6.92 Å². The van der Waals surface area contributed by atoms with E-state index in [2.05, 4.69) is 4.74 Å². The molecule has 0 aliphatic carbocycles. The number of carbonyl (C=O) groups excluding carboxylic acids is 2. The van der Waals surface area contributed by atoms with Crippen LogP contribution in [-0.2, 0) is 14.3 Å². The van der Waals surface area contributed by atoms with Crippen LogP contribution < -0.4 is 0 Å². The molecule has 0 heterocycles. The van der Waals surface area contributed by atoms with Gasteiger partial charge in [-0.15, -0.1) is 0 Å². The Bertz CT molecular complexity index is 279. The van der Waals surface area contributed by atoms with Crippen molar-refractivity contribution in [1.82, 2.24) is 9.80 Å². The number of carboxylic acid groups (broad SMARTS) is 1. The molecular weight excluding hydrogens is 216 g/mol. The Morgan fingerprint density at radius 3 is 2.19 bits per heavy atom. The molecule has 0 bridgehead atoms. The number of amides is 2. The molecule has 0 rings (SSSR count). The molecule has 0 aromatic heterocycles. The number of carboxylic acids is 1. The highest BCUT2D eigenvalue weighted by atomic mass is 16.5. The Hall–Kier alpha value is -1.79. The number of carbonyl (C=O) groups is 3. The van der Waals surface area contributed by atoms with Gasteiger partial charge in [0.15, 0.2) is 0 Å². The number of methoxy groups -OCH3 is 1. The largest absolute Gasteiger partial charge is 0.480 e. The van der Waals surface area contributed by atoms with Gasteiger partial charge in [0.1, 0.15) is 13.1 Å². The molecule has 0 spiro atoms. The molecule has 0 aliphatic rings. The summed E-state index contributed by atoms with van der Waals surface area (Å²) in [7, 11) is 2.58. The molecule has 0 aliphatic heterocycles. The molecule has 7 heteroatoms. The zero-order valence-electron chi connectivity index (χ0n) is 9.60. The minimum Gasteiger partial charge on any atom is -0.480 e.